The average Bonchev–Trinajstić information content (AvgIpc) is 3.68. The maximum Gasteiger partial charge on any atom is 0.280 e. The molecule has 0 spiro atoms. The van der Waals surface area contributed by atoms with Gasteiger partial charge in [-0.1, -0.05) is 24.3 Å². The number of rotatable bonds is 9. The van der Waals surface area contributed by atoms with Crippen LogP contribution in [0.1, 0.15) is 29.5 Å². The second-order valence-electron chi connectivity index (χ2n) is 12.0. The summed E-state index contributed by atoms with van der Waals surface area (Å²) in [4.78, 5) is 29.3. The minimum absolute atomic E-state index is 0.0127. The number of benzene rings is 2. The highest BCUT2D eigenvalue weighted by Crippen LogP contribution is 2.37. The number of anilines is 2. The van der Waals surface area contributed by atoms with Crippen molar-refractivity contribution in [2.75, 3.05) is 25.0 Å². The number of aryl methyl sites for hydroxylation is 1. The van der Waals surface area contributed by atoms with Crippen molar-refractivity contribution in [3.63, 3.8) is 0 Å². The quantitative estimate of drug-likeness (QED) is 0.191. The Balaban J connectivity index is 1.19. The van der Waals surface area contributed by atoms with Crippen molar-refractivity contribution in [2.24, 2.45) is 0 Å². The van der Waals surface area contributed by atoms with Gasteiger partial charge in [-0.25, -0.2) is 9.97 Å². The SMILES string of the molecule is Cc1c(Nc2nccc3cc(CN4CC[C@@H](O)C4)cnc23)cccc1-c1cccc(-c2nc3c(=O)n(CCCO)ccc3o2)c1C. The van der Waals surface area contributed by atoms with Crippen molar-refractivity contribution in [1.29, 1.82) is 0 Å². The molecular formula is C36H36N6O4. The summed E-state index contributed by atoms with van der Waals surface area (Å²) in [6.07, 6.45) is 6.43. The molecule has 2 aromatic carbocycles. The number of fused-ring (bicyclic) bond motifs is 2. The summed E-state index contributed by atoms with van der Waals surface area (Å²) in [5.74, 6) is 1.08. The summed E-state index contributed by atoms with van der Waals surface area (Å²) in [5.41, 5.74) is 8.23. The molecule has 5 heterocycles. The maximum absolute atomic E-state index is 13.0. The van der Waals surface area contributed by atoms with Crippen molar-refractivity contribution >= 4 is 33.5 Å². The fourth-order valence-corrected chi connectivity index (χ4v) is 6.34. The van der Waals surface area contributed by atoms with Gasteiger partial charge in [-0.3, -0.25) is 14.7 Å². The van der Waals surface area contributed by atoms with Crippen LogP contribution in [0.5, 0.6) is 0 Å². The standard InChI is InChI=1S/C36H36N6O4/c1-22-27(6-3-8-29(22)35-40-33-31(46-35)12-16-42(36(33)45)14-5-17-43)28-7-4-9-30(23(28)2)39-34-32-25(10-13-37-34)18-24(19-38-32)20-41-15-11-26(44)21-41/h3-4,6-10,12-13,16,18-19,26,43-44H,5,11,14-15,17,20-21H2,1-2H3,(H,37,39)/t26-/m1/s1. The summed E-state index contributed by atoms with van der Waals surface area (Å²) in [6, 6.07) is 18.0. The number of aliphatic hydroxyl groups is 2. The minimum Gasteiger partial charge on any atom is -0.436 e. The molecule has 0 saturated carbocycles. The molecule has 1 atom stereocenters. The van der Waals surface area contributed by atoms with Crippen LogP contribution in [0.2, 0.25) is 0 Å². The van der Waals surface area contributed by atoms with Crippen LogP contribution in [0, 0.1) is 13.8 Å². The third kappa shape index (κ3) is 5.66. The van der Waals surface area contributed by atoms with Gasteiger partial charge in [0.25, 0.3) is 5.56 Å². The Morgan fingerprint density at radius 3 is 2.61 bits per heavy atom. The first kappa shape index (κ1) is 29.8. The van der Waals surface area contributed by atoms with Gasteiger partial charge in [-0.05, 0) is 84.8 Å². The first-order chi connectivity index (χ1) is 22.4. The number of hydrogen-bond acceptors (Lipinski definition) is 9. The van der Waals surface area contributed by atoms with Gasteiger partial charge in [0, 0.05) is 68.0 Å². The number of pyridine rings is 3. The molecule has 3 N–H and O–H groups in total. The molecule has 0 unspecified atom stereocenters. The van der Waals surface area contributed by atoms with Crippen molar-refractivity contribution < 1.29 is 14.6 Å². The zero-order valence-corrected chi connectivity index (χ0v) is 25.9. The first-order valence-corrected chi connectivity index (χ1v) is 15.6. The van der Waals surface area contributed by atoms with Gasteiger partial charge in [0.2, 0.25) is 5.89 Å². The minimum atomic E-state index is -0.247. The number of β-amino-alcohol motifs (C(OH)–C–C–N with tert-alkyl or cyclic N) is 1. The van der Waals surface area contributed by atoms with Gasteiger partial charge in [0.15, 0.2) is 16.9 Å². The second-order valence-corrected chi connectivity index (χ2v) is 12.0. The third-order valence-electron chi connectivity index (χ3n) is 8.83. The number of aromatic nitrogens is 4. The molecule has 0 bridgehead atoms. The molecule has 234 valence electrons. The Morgan fingerprint density at radius 1 is 1.00 bits per heavy atom. The van der Waals surface area contributed by atoms with Crippen molar-refractivity contribution in [2.45, 2.75) is 45.9 Å². The Hall–Kier alpha value is -4.90. The predicted molar refractivity (Wildman–Crippen MR) is 179 cm³/mol. The van der Waals surface area contributed by atoms with E-state index in [0.717, 1.165) is 69.5 Å². The number of oxazole rings is 1. The van der Waals surface area contributed by atoms with E-state index in [1.807, 2.05) is 43.5 Å². The van der Waals surface area contributed by atoms with E-state index in [2.05, 4.69) is 45.3 Å². The van der Waals surface area contributed by atoms with Crippen LogP contribution in [0.3, 0.4) is 0 Å². The molecule has 1 aliphatic heterocycles. The van der Waals surface area contributed by atoms with Crippen LogP contribution in [-0.2, 0) is 13.1 Å². The van der Waals surface area contributed by atoms with Crippen molar-refractivity contribution in [1.82, 2.24) is 24.4 Å². The average molecular weight is 617 g/mol. The number of hydrogen-bond donors (Lipinski definition) is 3. The summed E-state index contributed by atoms with van der Waals surface area (Å²) in [6.45, 7) is 6.90. The van der Waals surface area contributed by atoms with Gasteiger partial charge in [-0.2, -0.15) is 0 Å². The molecule has 0 aliphatic carbocycles. The zero-order valence-electron chi connectivity index (χ0n) is 25.9. The highest BCUT2D eigenvalue weighted by Gasteiger charge is 2.21. The Morgan fingerprint density at radius 2 is 1.80 bits per heavy atom. The van der Waals surface area contributed by atoms with E-state index >= 15 is 0 Å². The molecule has 10 nitrogen and oxygen atoms in total. The smallest absolute Gasteiger partial charge is 0.280 e. The van der Waals surface area contributed by atoms with Gasteiger partial charge in [0.05, 0.1) is 6.10 Å². The lowest BCUT2D eigenvalue weighted by Crippen LogP contribution is -2.21. The number of nitrogens with zero attached hydrogens (tertiary/aromatic N) is 5. The number of nitrogens with one attached hydrogen (secondary N) is 1. The van der Waals surface area contributed by atoms with Crippen LogP contribution in [0.15, 0.2) is 82.4 Å². The lowest BCUT2D eigenvalue weighted by Gasteiger charge is -2.17. The zero-order chi connectivity index (χ0) is 31.8. The first-order valence-electron chi connectivity index (χ1n) is 15.6. The molecule has 10 heteroatoms. The molecule has 1 fully saturated rings. The van der Waals surface area contributed by atoms with Crippen LogP contribution in [0.4, 0.5) is 11.5 Å². The molecule has 1 saturated heterocycles. The lowest BCUT2D eigenvalue weighted by atomic mass is 9.93. The summed E-state index contributed by atoms with van der Waals surface area (Å²) < 4.78 is 7.63. The maximum atomic E-state index is 13.0. The van der Waals surface area contributed by atoms with E-state index in [4.69, 9.17) is 9.40 Å². The predicted octanol–water partition coefficient (Wildman–Crippen LogP) is 5.58. The van der Waals surface area contributed by atoms with Crippen LogP contribution in [0.25, 0.3) is 44.6 Å². The molecule has 1 aliphatic rings. The largest absolute Gasteiger partial charge is 0.436 e. The summed E-state index contributed by atoms with van der Waals surface area (Å²) >= 11 is 0. The topological polar surface area (TPSA) is 130 Å². The van der Waals surface area contributed by atoms with Gasteiger partial charge >= 0.3 is 0 Å². The Labute approximate surface area is 266 Å². The van der Waals surface area contributed by atoms with Crippen molar-refractivity contribution in [3.05, 3.63) is 100 Å². The summed E-state index contributed by atoms with van der Waals surface area (Å²) in [5, 5.41) is 23.6. The molecule has 0 amide bonds. The Kier molecular flexibility index (Phi) is 8.08. The number of aliphatic hydroxyl groups excluding tert-OH is 2. The Bertz CT molecular complexity index is 2120. The van der Waals surface area contributed by atoms with E-state index < -0.39 is 0 Å². The van der Waals surface area contributed by atoms with Gasteiger partial charge in [0.1, 0.15) is 5.52 Å². The molecular weight excluding hydrogens is 580 g/mol. The molecule has 4 aromatic heterocycles. The van der Waals surface area contributed by atoms with E-state index in [0.29, 0.717) is 36.8 Å². The van der Waals surface area contributed by atoms with Crippen LogP contribution < -0.4 is 10.9 Å². The molecule has 46 heavy (non-hydrogen) atoms. The van der Waals surface area contributed by atoms with E-state index in [9.17, 15) is 15.0 Å². The fourth-order valence-electron chi connectivity index (χ4n) is 6.34. The van der Waals surface area contributed by atoms with E-state index in [1.54, 1.807) is 23.0 Å². The molecule has 0 radical (unpaired) electrons. The fraction of sp³-hybridized carbons (Fsp3) is 0.278. The van der Waals surface area contributed by atoms with Crippen LogP contribution >= 0.6 is 0 Å². The van der Waals surface area contributed by atoms with Gasteiger partial charge in [-0.15, -0.1) is 0 Å². The highest BCUT2D eigenvalue weighted by atomic mass is 16.3. The van der Waals surface area contributed by atoms with E-state index in [1.165, 1.54) is 0 Å². The lowest BCUT2D eigenvalue weighted by molar-refractivity contribution is 0.175. The molecule has 6 aromatic rings. The van der Waals surface area contributed by atoms with Gasteiger partial charge < -0.3 is 24.5 Å². The summed E-state index contributed by atoms with van der Waals surface area (Å²) in [7, 11) is 0. The van der Waals surface area contributed by atoms with Crippen molar-refractivity contribution in [3.8, 4) is 22.6 Å². The highest BCUT2D eigenvalue weighted by molar-refractivity contribution is 5.91. The third-order valence-corrected chi connectivity index (χ3v) is 8.83. The normalized spacial score (nSPS) is 15.3. The van der Waals surface area contributed by atoms with E-state index in [-0.39, 0.29) is 23.8 Å². The second kappa shape index (κ2) is 12.5. The number of likely N-dealkylation sites (tertiary alicyclic amines) is 1. The van der Waals surface area contributed by atoms with Crippen LogP contribution in [-0.4, -0.2) is 60.4 Å². The molecule has 7 rings (SSSR count). The monoisotopic (exact) mass is 616 g/mol.